The van der Waals surface area contributed by atoms with E-state index in [0.29, 0.717) is 6.61 Å². The van der Waals surface area contributed by atoms with Crippen molar-refractivity contribution in [3.63, 3.8) is 0 Å². The van der Waals surface area contributed by atoms with Crippen molar-refractivity contribution < 1.29 is 9.47 Å². The van der Waals surface area contributed by atoms with Crippen LogP contribution in [0.1, 0.15) is 11.1 Å². The van der Waals surface area contributed by atoms with Gasteiger partial charge in [-0.15, -0.1) is 0 Å². The summed E-state index contributed by atoms with van der Waals surface area (Å²) in [4.78, 5) is 0. The fraction of sp³-hybridized carbons (Fsp3) is 0.250. The molecule has 2 aromatic carbocycles. The van der Waals surface area contributed by atoms with Gasteiger partial charge in [-0.3, -0.25) is 0 Å². The molecule has 1 N–H and O–H groups in total. The molecule has 112 valence electrons. The zero-order valence-corrected chi connectivity index (χ0v) is 15.1. The van der Waals surface area contributed by atoms with Crippen molar-refractivity contribution in [3.8, 4) is 11.5 Å². The van der Waals surface area contributed by atoms with Crippen LogP contribution in [-0.4, -0.2) is 14.2 Å². The van der Waals surface area contributed by atoms with Gasteiger partial charge < -0.3 is 14.8 Å². The van der Waals surface area contributed by atoms with Crippen molar-refractivity contribution in [1.29, 1.82) is 0 Å². The van der Waals surface area contributed by atoms with Crippen molar-refractivity contribution in [2.24, 2.45) is 0 Å². The van der Waals surface area contributed by atoms with Gasteiger partial charge in [-0.1, -0.05) is 24.3 Å². The number of benzene rings is 2. The second kappa shape index (κ2) is 7.82. The Morgan fingerprint density at radius 3 is 2.29 bits per heavy atom. The average molecular weight is 415 g/mol. The summed E-state index contributed by atoms with van der Waals surface area (Å²) in [5, 5.41) is 3.17. The number of hydrogen-bond donors (Lipinski definition) is 1. The molecule has 0 saturated carbocycles. The molecule has 0 heterocycles. The minimum absolute atomic E-state index is 0.523. The molecule has 2 aromatic rings. The molecular weight excluding hydrogens is 398 g/mol. The molecule has 0 aliphatic heterocycles. The van der Waals surface area contributed by atoms with Crippen molar-refractivity contribution >= 4 is 31.9 Å². The van der Waals surface area contributed by atoms with Crippen LogP contribution in [0.25, 0.3) is 0 Å². The van der Waals surface area contributed by atoms with Gasteiger partial charge in [0, 0.05) is 6.54 Å². The van der Waals surface area contributed by atoms with Crippen molar-refractivity contribution in [2.45, 2.75) is 13.2 Å². The van der Waals surface area contributed by atoms with Crippen molar-refractivity contribution in [1.82, 2.24) is 5.32 Å². The molecule has 0 atom stereocenters. The quantitative estimate of drug-likeness (QED) is 0.753. The lowest BCUT2D eigenvalue weighted by atomic mass is 10.1. The molecule has 2 rings (SSSR count). The van der Waals surface area contributed by atoms with E-state index in [1.165, 1.54) is 11.1 Å². The lowest BCUT2D eigenvalue weighted by molar-refractivity contribution is 0.301. The first-order valence-electron chi connectivity index (χ1n) is 6.53. The van der Waals surface area contributed by atoms with Crippen LogP contribution >= 0.6 is 31.9 Å². The summed E-state index contributed by atoms with van der Waals surface area (Å²) in [6, 6.07) is 12.0. The molecule has 0 aliphatic rings. The van der Waals surface area contributed by atoms with Gasteiger partial charge in [0.2, 0.25) is 0 Å². The average Bonchev–Trinajstić information content (AvgIpc) is 2.49. The molecule has 0 radical (unpaired) electrons. The maximum atomic E-state index is 5.93. The zero-order chi connectivity index (χ0) is 15.2. The van der Waals surface area contributed by atoms with E-state index < -0.39 is 0 Å². The van der Waals surface area contributed by atoms with E-state index in [2.05, 4.69) is 49.3 Å². The smallest absolute Gasteiger partial charge is 0.135 e. The first-order valence-corrected chi connectivity index (χ1v) is 8.11. The first-order chi connectivity index (χ1) is 10.2. The Bertz CT molecular complexity index is 617. The number of hydrogen-bond acceptors (Lipinski definition) is 3. The van der Waals surface area contributed by atoms with Gasteiger partial charge >= 0.3 is 0 Å². The fourth-order valence-corrected chi connectivity index (χ4v) is 2.92. The van der Waals surface area contributed by atoms with Crippen molar-refractivity contribution in [3.05, 3.63) is 56.5 Å². The minimum atomic E-state index is 0.523. The van der Waals surface area contributed by atoms with Crippen LogP contribution in [0.4, 0.5) is 0 Å². The molecule has 0 spiro atoms. The molecule has 21 heavy (non-hydrogen) atoms. The molecule has 5 heteroatoms. The van der Waals surface area contributed by atoms with E-state index in [1.54, 1.807) is 7.11 Å². The Balaban J connectivity index is 2.15. The Morgan fingerprint density at radius 1 is 1.00 bits per heavy atom. The van der Waals surface area contributed by atoms with Crippen LogP contribution < -0.4 is 14.8 Å². The summed E-state index contributed by atoms with van der Waals surface area (Å²) < 4.78 is 12.9. The van der Waals surface area contributed by atoms with Gasteiger partial charge in [0.05, 0.1) is 16.1 Å². The molecule has 0 bridgehead atoms. The number of halogens is 2. The topological polar surface area (TPSA) is 30.5 Å². The Morgan fingerprint density at radius 2 is 1.62 bits per heavy atom. The molecule has 0 aromatic heterocycles. The maximum Gasteiger partial charge on any atom is 0.135 e. The van der Waals surface area contributed by atoms with E-state index >= 15 is 0 Å². The molecule has 0 fully saturated rings. The Labute approximate surface area is 141 Å². The van der Waals surface area contributed by atoms with E-state index in [4.69, 9.17) is 9.47 Å². The summed E-state index contributed by atoms with van der Waals surface area (Å²) in [5.74, 6) is 1.55. The summed E-state index contributed by atoms with van der Waals surface area (Å²) in [6.45, 7) is 1.35. The number of nitrogens with one attached hydrogen (secondary N) is 1. The van der Waals surface area contributed by atoms with Gasteiger partial charge in [-0.05, 0) is 62.2 Å². The summed E-state index contributed by atoms with van der Waals surface area (Å²) in [7, 11) is 3.58. The number of rotatable bonds is 6. The van der Waals surface area contributed by atoms with Crippen LogP contribution in [-0.2, 0) is 13.2 Å². The van der Waals surface area contributed by atoms with E-state index in [1.807, 2.05) is 31.3 Å². The SMILES string of the molecule is CNCc1ccccc1COc1cc(Br)c(OC)cc1Br. The van der Waals surface area contributed by atoms with Gasteiger partial charge in [0.25, 0.3) is 0 Å². The zero-order valence-electron chi connectivity index (χ0n) is 12.0. The highest BCUT2D eigenvalue weighted by molar-refractivity contribution is 9.11. The van der Waals surface area contributed by atoms with Gasteiger partial charge in [0.1, 0.15) is 18.1 Å². The highest BCUT2D eigenvalue weighted by Crippen LogP contribution is 2.36. The van der Waals surface area contributed by atoms with E-state index in [9.17, 15) is 0 Å². The third-order valence-electron chi connectivity index (χ3n) is 3.08. The van der Waals surface area contributed by atoms with Crippen molar-refractivity contribution in [2.75, 3.05) is 14.2 Å². The van der Waals surface area contributed by atoms with Crippen LogP contribution in [0.3, 0.4) is 0 Å². The monoisotopic (exact) mass is 413 g/mol. The second-order valence-corrected chi connectivity index (χ2v) is 6.21. The predicted molar refractivity (Wildman–Crippen MR) is 91.9 cm³/mol. The van der Waals surface area contributed by atoms with Gasteiger partial charge in [-0.2, -0.15) is 0 Å². The molecular formula is C16H17Br2NO2. The summed E-state index contributed by atoms with van der Waals surface area (Å²) in [6.07, 6.45) is 0. The predicted octanol–water partition coefficient (Wildman–Crippen LogP) is 4.52. The summed E-state index contributed by atoms with van der Waals surface area (Å²) in [5.41, 5.74) is 2.41. The van der Waals surface area contributed by atoms with E-state index in [0.717, 1.165) is 27.0 Å². The lowest BCUT2D eigenvalue weighted by Gasteiger charge is -2.13. The fourth-order valence-electron chi connectivity index (χ4n) is 1.99. The molecule has 0 unspecified atom stereocenters. The minimum Gasteiger partial charge on any atom is -0.496 e. The van der Waals surface area contributed by atoms with Crippen LogP contribution in [0, 0.1) is 0 Å². The molecule has 0 saturated heterocycles. The molecule has 0 aliphatic carbocycles. The number of ether oxygens (including phenoxy) is 2. The largest absolute Gasteiger partial charge is 0.496 e. The highest BCUT2D eigenvalue weighted by atomic mass is 79.9. The normalized spacial score (nSPS) is 10.5. The summed E-state index contributed by atoms with van der Waals surface area (Å²) >= 11 is 6.98. The molecule has 3 nitrogen and oxygen atoms in total. The number of methoxy groups -OCH3 is 1. The third-order valence-corrected chi connectivity index (χ3v) is 4.31. The van der Waals surface area contributed by atoms with Gasteiger partial charge in [0.15, 0.2) is 0 Å². The first kappa shape index (κ1) is 16.3. The van der Waals surface area contributed by atoms with Crippen LogP contribution in [0.2, 0.25) is 0 Å². The molecule has 0 amide bonds. The maximum absolute atomic E-state index is 5.93. The third kappa shape index (κ3) is 4.22. The van der Waals surface area contributed by atoms with Gasteiger partial charge in [-0.25, -0.2) is 0 Å². The lowest BCUT2D eigenvalue weighted by Crippen LogP contribution is -2.09. The van der Waals surface area contributed by atoms with E-state index in [-0.39, 0.29) is 0 Å². The Kier molecular flexibility index (Phi) is 6.08. The van der Waals surface area contributed by atoms with Crippen LogP contribution in [0.5, 0.6) is 11.5 Å². The Hall–Kier alpha value is -1.04. The van der Waals surface area contributed by atoms with Crippen LogP contribution in [0.15, 0.2) is 45.3 Å². The second-order valence-electron chi connectivity index (χ2n) is 4.50. The highest BCUT2D eigenvalue weighted by Gasteiger charge is 2.09. The standard InChI is InChI=1S/C16H17Br2NO2/c1-19-9-11-5-3-4-6-12(11)10-21-16-8-13(17)15(20-2)7-14(16)18/h3-8,19H,9-10H2,1-2H3.